The third-order valence-corrected chi connectivity index (χ3v) is 5.03. The van der Waals surface area contributed by atoms with Crippen LogP contribution in [0.2, 0.25) is 0 Å². The van der Waals surface area contributed by atoms with Crippen molar-refractivity contribution in [1.82, 2.24) is 9.88 Å². The molecule has 0 unspecified atom stereocenters. The van der Waals surface area contributed by atoms with Crippen LogP contribution >= 0.6 is 0 Å². The third-order valence-electron chi connectivity index (χ3n) is 5.03. The third kappa shape index (κ3) is 2.54. The molecule has 4 nitrogen and oxygen atoms in total. The summed E-state index contributed by atoms with van der Waals surface area (Å²) in [7, 11) is 0. The van der Waals surface area contributed by atoms with Gasteiger partial charge >= 0.3 is 0 Å². The molecule has 24 heavy (non-hydrogen) atoms. The number of rotatable bonds is 2. The number of amides is 1. The van der Waals surface area contributed by atoms with Crippen molar-refractivity contribution in [2.24, 2.45) is 0 Å². The van der Waals surface area contributed by atoms with Crippen molar-refractivity contribution in [3.05, 3.63) is 65.9 Å². The van der Waals surface area contributed by atoms with Crippen molar-refractivity contribution in [3.63, 3.8) is 0 Å². The number of para-hydroxylation sites is 2. The summed E-state index contributed by atoms with van der Waals surface area (Å²) in [6, 6.07) is 15.7. The number of nitrogens with two attached hydrogens (primary N) is 1. The zero-order valence-electron chi connectivity index (χ0n) is 13.5. The van der Waals surface area contributed by atoms with Gasteiger partial charge in [0.05, 0.1) is 5.56 Å². The molecule has 0 saturated carbocycles. The van der Waals surface area contributed by atoms with E-state index < -0.39 is 0 Å². The van der Waals surface area contributed by atoms with Crippen molar-refractivity contribution < 1.29 is 4.79 Å². The molecule has 1 fully saturated rings. The smallest absolute Gasteiger partial charge is 0.255 e. The number of benzene rings is 2. The molecule has 1 aliphatic rings. The van der Waals surface area contributed by atoms with E-state index in [0.29, 0.717) is 17.2 Å². The monoisotopic (exact) mass is 319 g/mol. The Bertz CT molecular complexity index is 875. The van der Waals surface area contributed by atoms with Crippen LogP contribution in [0.1, 0.15) is 34.7 Å². The van der Waals surface area contributed by atoms with Gasteiger partial charge in [0.25, 0.3) is 5.91 Å². The fourth-order valence-corrected chi connectivity index (χ4v) is 3.69. The first-order valence-corrected chi connectivity index (χ1v) is 8.44. The summed E-state index contributed by atoms with van der Waals surface area (Å²) in [6.07, 6.45) is 4.10. The van der Waals surface area contributed by atoms with E-state index in [0.717, 1.165) is 25.9 Å². The molecule has 0 aliphatic carbocycles. The van der Waals surface area contributed by atoms with Gasteiger partial charge in [-0.05, 0) is 42.5 Å². The number of hydrogen-bond donors (Lipinski definition) is 2. The van der Waals surface area contributed by atoms with Crippen molar-refractivity contribution in [1.29, 1.82) is 0 Å². The first kappa shape index (κ1) is 14.8. The van der Waals surface area contributed by atoms with Crippen LogP contribution in [0.4, 0.5) is 5.69 Å². The molecule has 122 valence electrons. The van der Waals surface area contributed by atoms with Crippen molar-refractivity contribution in [3.8, 4) is 0 Å². The Hall–Kier alpha value is -2.75. The number of aromatic nitrogens is 1. The number of carbonyl (C=O) groups excluding carboxylic acids is 1. The SMILES string of the molecule is Nc1ccccc1C(=O)N1CCC(c2c[nH]c3ccccc23)CC1. The molecule has 2 aromatic carbocycles. The lowest BCUT2D eigenvalue weighted by molar-refractivity contribution is 0.0714. The second-order valence-corrected chi connectivity index (χ2v) is 6.44. The van der Waals surface area contributed by atoms with Gasteiger partial charge in [0.2, 0.25) is 0 Å². The largest absolute Gasteiger partial charge is 0.398 e. The zero-order valence-corrected chi connectivity index (χ0v) is 13.5. The highest BCUT2D eigenvalue weighted by atomic mass is 16.2. The quantitative estimate of drug-likeness (QED) is 0.706. The van der Waals surface area contributed by atoms with Gasteiger partial charge < -0.3 is 15.6 Å². The number of anilines is 1. The van der Waals surface area contributed by atoms with E-state index in [1.54, 1.807) is 6.07 Å². The van der Waals surface area contributed by atoms with Crippen LogP contribution in [0, 0.1) is 0 Å². The van der Waals surface area contributed by atoms with Crippen LogP contribution in [0.15, 0.2) is 54.7 Å². The molecule has 0 atom stereocenters. The van der Waals surface area contributed by atoms with Gasteiger partial charge in [0, 0.05) is 35.9 Å². The van der Waals surface area contributed by atoms with Crippen LogP contribution in [0.3, 0.4) is 0 Å². The van der Waals surface area contributed by atoms with Crippen LogP contribution in [-0.2, 0) is 0 Å². The van der Waals surface area contributed by atoms with Gasteiger partial charge in [-0.2, -0.15) is 0 Å². The maximum Gasteiger partial charge on any atom is 0.255 e. The molecule has 1 aromatic heterocycles. The summed E-state index contributed by atoms with van der Waals surface area (Å²) in [4.78, 5) is 17.9. The number of carbonyl (C=O) groups is 1. The number of fused-ring (bicyclic) bond motifs is 1. The lowest BCUT2D eigenvalue weighted by Crippen LogP contribution is -2.38. The molecule has 3 N–H and O–H groups in total. The van der Waals surface area contributed by atoms with Crippen molar-refractivity contribution >= 4 is 22.5 Å². The Kier molecular flexibility index (Phi) is 3.73. The number of nitrogens with zero attached hydrogens (tertiary/aromatic N) is 1. The summed E-state index contributed by atoms with van der Waals surface area (Å²) in [5.41, 5.74) is 9.67. The number of piperidine rings is 1. The van der Waals surface area contributed by atoms with E-state index in [1.165, 1.54) is 16.5 Å². The van der Waals surface area contributed by atoms with E-state index in [-0.39, 0.29) is 5.91 Å². The summed E-state index contributed by atoms with van der Waals surface area (Å²) in [5, 5.41) is 1.30. The average molecular weight is 319 g/mol. The van der Waals surface area contributed by atoms with Crippen LogP contribution in [0.5, 0.6) is 0 Å². The van der Waals surface area contributed by atoms with E-state index >= 15 is 0 Å². The van der Waals surface area contributed by atoms with Gasteiger partial charge in [0.15, 0.2) is 0 Å². The van der Waals surface area contributed by atoms with Gasteiger partial charge in [-0.15, -0.1) is 0 Å². The first-order valence-electron chi connectivity index (χ1n) is 8.44. The van der Waals surface area contributed by atoms with E-state index in [4.69, 9.17) is 5.73 Å². The van der Waals surface area contributed by atoms with E-state index in [9.17, 15) is 4.79 Å². The molecule has 2 heterocycles. The summed E-state index contributed by atoms with van der Waals surface area (Å²) >= 11 is 0. The highest BCUT2D eigenvalue weighted by Crippen LogP contribution is 2.33. The predicted molar refractivity (Wildman–Crippen MR) is 97.0 cm³/mol. The Morgan fingerprint density at radius 3 is 2.54 bits per heavy atom. The fourth-order valence-electron chi connectivity index (χ4n) is 3.69. The molecule has 0 radical (unpaired) electrons. The molecule has 1 aliphatic heterocycles. The molecule has 3 aromatic rings. The minimum absolute atomic E-state index is 0.0467. The Morgan fingerprint density at radius 2 is 1.75 bits per heavy atom. The maximum absolute atomic E-state index is 12.7. The fraction of sp³-hybridized carbons (Fsp3) is 0.250. The molecule has 4 heteroatoms. The van der Waals surface area contributed by atoms with Crippen molar-refractivity contribution in [2.45, 2.75) is 18.8 Å². The minimum Gasteiger partial charge on any atom is -0.398 e. The molecule has 4 rings (SSSR count). The Morgan fingerprint density at radius 1 is 1.04 bits per heavy atom. The topological polar surface area (TPSA) is 62.1 Å². The number of nitrogens with one attached hydrogen (secondary N) is 1. The van der Waals surface area contributed by atoms with E-state index in [2.05, 4.69) is 29.4 Å². The normalized spacial score (nSPS) is 15.8. The number of nitrogen functional groups attached to an aromatic ring is 1. The lowest BCUT2D eigenvalue weighted by Gasteiger charge is -2.32. The Balaban J connectivity index is 1.49. The van der Waals surface area contributed by atoms with Gasteiger partial charge in [-0.1, -0.05) is 30.3 Å². The summed E-state index contributed by atoms with van der Waals surface area (Å²) < 4.78 is 0. The number of likely N-dealkylation sites (tertiary alicyclic amines) is 1. The molecule has 0 spiro atoms. The molecular formula is C20H21N3O. The average Bonchev–Trinajstić information content (AvgIpc) is 3.06. The van der Waals surface area contributed by atoms with Crippen molar-refractivity contribution in [2.75, 3.05) is 18.8 Å². The zero-order chi connectivity index (χ0) is 16.5. The highest BCUT2D eigenvalue weighted by Gasteiger charge is 2.26. The minimum atomic E-state index is 0.0467. The predicted octanol–water partition coefficient (Wildman–Crippen LogP) is 3.77. The highest BCUT2D eigenvalue weighted by molar-refractivity contribution is 5.99. The molecule has 0 bridgehead atoms. The van der Waals surface area contributed by atoms with Gasteiger partial charge in [-0.25, -0.2) is 0 Å². The van der Waals surface area contributed by atoms with Gasteiger partial charge in [-0.3, -0.25) is 4.79 Å². The Labute approximate surface area is 141 Å². The second-order valence-electron chi connectivity index (χ2n) is 6.44. The maximum atomic E-state index is 12.7. The van der Waals surface area contributed by atoms with E-state index in [1.807, 2.05) is 29.2 Å². The molecular weight excluding hydrogens is 298 g/mol. The first-order chi connectivity index (χ1) is 11.7. The van der Waals surface area contributed by atoms with Gasteiger partial charge in [0.1, 0.15) is 0 Å². The van der Waals surface area contributed by atoms with Crippen LogP contribution < -0.4 is 5.73 Å². The lowest BCUT2D eigenvalue weighted by atomic mass is 9.89. The van der Waals surface area contributed by atoms with Crippen LogP contribution in [0.25, 0.3) is 10.9 Å². The standard InChI is InChI=1S/C20H21N3O/c21-18-7-3-1-6-16(18)20(24)23-11-9-14(10-12-23)17-13-22-19-8-4-2-5-15(17)19/h1-8,13-14,22H,9-12,21H2. The summed E-state index contributed by atoms with van der Waals surface area (Å²) in [6.45, 7) is 1.55. The number of H-pyrrole nitrogens is 1. The number of aromatic amines is 1. The van der Waals surface area contributed by atoms with Crippen LogP contribution in [-0.4, -0.2) is 28.9 Å². The summed E-state index contributed by atoms with van der Waals surface area (Å²) in [5.74, 6) is 0.545. The number of hydrogen-bond acceptors (Lipinski definition) is 2. The molecule has 1 amide bonds. The molecule has 1 saturated heterocycles. The second kappa shape index (κ2) is 6.04.